The van der Waals surface area contributed by atoms with E-state index in [9.17, 15) is 4.79 Å². The number of aryl methyl sites for hydroxylation is 2. The third kappa shape index (κ3) is 3.24. The van der Waals surface area contributed by atoms with Gasteiger partial charge in [0.2, 0.25) is 5.91 Å². The molecule has 3 nitrogen and oxygen atoms in total. The van der Waals surface area contributed by atoms with Crippen molar-refractivity contribution in [1.82, 2.24) is 0 Å². The van der Waals surface area contributed by atoms with E-state index in [2.05, 4.69) is 11.4 Å². The fourth-order valence-corrected chi connectivity index (χ4v) is 2.05. The molecule has 0 spiro atoms. The summed E-state index contributed by atoms with van der Waals surface area (Å²) < 4.78 is 0. The molecule has 0 bridgehead atoms. The van der Waals surface area contributed by atoms with E-state index in [1.165, 1.54) is 0 Å². The fourth-order valence-electron chi connectivity index (χ4n) is 2.05. The summed E-state index contributed by atoms with van der Waals surface area (Å²) >= 11 is 0. The largest absolute Gasteiger partial charge is 0.325 e. The number of carbonyl (C=O) groups is 1. The summed E-state index contributed by atoms with van der Waals surface area (Å²) in [6, 6.07) is 15.1. The number of para-hydroxylation sites is 1. The Morgan fingerprint density at radius 2 is 1.95 bits per heavy atom. The molecule has 0 heterocycles. The van der Waals surface area contributed by atoms with Crippen LogP contribution < -0.4 is 5.32 Å². The topological polar surface area (TPSA) is 52.9 Å². The maximum Gasteiger partial charge on any atom is 0.228 e. The molecule has 2 aromatic carbocycles. The smallest absolute Gasteiger partial charge is 0.228 e. The predicted octanol–water partition coefficient (Wildman–Crippen LogP) is 3.36. The summed E-state index contributed by atoms with van der Waals surface area (Å²) in [4.78, 5) is 12.1. The molecule has 2 aromatic rings. The van der Waals surface area contributed by atoms with Crippen molar-refractivity contribution in [3.05, 3.63) is 64.7 Å². The minimum Gasteiger partial charge on any atom is -0.325 e. The molecular formula is C17H16N2O. The summed E-state index contributed by atoms with van der Waals surface area (Å²) in [7, 11) is 0. The first kappa shape index (κ1) is 13.8. The molecule has 0 unspecified atom stereocenters. The molecule has 0 aromatic heterocycles. The first-order valence-electron chi connectivity index (χ1n) is 6.45. The number of nitrogens with zero attached hydrogens (tertiary/aromatic N) is 1. The van der Waals surface area contributed by atoms with Crippen molar-refractivity contribution in [3.63, 3.8) is 0 Å². The van der Waals surface area contributed by atoms with Gasteiger partial charge in [-0.05, 0) is 37.1 Å². The molecule has 0 saturated heterocycles. The molecule has 100 valence electrons. The normalized spacial score (nSPS) is 9.85. The number of anilines is 1. The fraction of sp³-hybridized carbons (Fsp3) is 0.176. The van der Waals surface area contributed by atoms with Gasteiger partial charge >= 0.3 is 0 Å². The molecule has 0 saturated carbocycles. The van der Waals surface area contributed by atoms with Crippen molar-refractivity contribution < 1.29 is 4.79 Å². The number of nitriles is 1. The number of nitrogens with one attached hydrogen (secondary N) is 1. The maximum atomic E-state index is 12.1. The average molecular weight is 264 g/mol. The lowest BCUT2D eigenvalue weighted by molar-refractivity contribution is -0.115. The van der Waals surface area contributed by atoms with Crippen LogP contribution in [-0.4, -0.2) is 5.91 Å². The quantitative estimate of drug-likeness (QED) is 0.924. The highest BCUT2D eigenvalue weighted by molar-refractivity contribution is 5.93. The lowest BCUT2D eigenvalue weighted by Gasteiger charge is -2.09. The van der Waals surface area contributed by atoms with E-state index in [1.807, 2.05) is 32.0 Å². The highest BCUT2D eigenvalue weighted by Crippen LogP contribution is 2.16. The third-order valence-electron chi connectivity index (χ3n) is 3.18. The van der Waals surface area contributed by atoms with Gasteiger partial charge in [-0.25, -0.2) is 0 Å². The second kappa shape index (κ2) is 6.03. The maximum absolute atomic E-state index is 12.1. The highest BCUT2D eigenvalue weighted by atomic mass is 16.1. The van der Waals surface area contributed by atoms with E-state index in [1.54, 1.807) is 24.3 Å². The van der Waals surface area contributed by atoms with Gasteiger partial charge < -0.3 is 5.32 Å². The number of benzene rings is 2. The molecule has 1 N–H and O–H groups in total. The van der Waals surface area contributed by atoms with Gasteiger partial charge in [0.25, 0.3) is 0 Å². The van der Waals surface area contributed by atoms with Crippen LogP contribution in [0.5, 0.6) is 0 Å². The van der Waals surface area contributed by atoms with E-state index in [0.29, 0.717) is 17.7 Å². The second-order valence-electron chi connectivity index (χ2n) is 4.81. The van der Waals surface area contributed by atoms with Crippen molar-refractivity contribution in [2.24, 2.45) is 0 Å². The molecule has 0 radical (unpaired) electrons. The van der Waals surface area contributed by atoms with Crippen molar-refractivity contribution >= 4 is 11.6 Å². The Morgan fingerprint density at radius 1 is 1.20 bits per heavy atom. The van der Waals surface area contributed by atoms with Crippen LogP contribution in [0.15, 0.2) is 42.5 Å². The number of hydrogen-bond acceptors (Lipinski definition) is 2. The first-order chi connectivity index (χ1) is 9.60. The Bertz CT molecular complexity index is 684. The minimum absolute atomic E-state index is 0.110. The Labute approximate surface area is 118 Å². The van der Waals surface area contributed by atoms with Gasteiger partial charge in [0.05, 0.1) is 17.7 Å². The molecule has 0 aliphatic carbocycles. The SMILES string of the molecule is Cc1ccc(C)c(CC(=O)Nc2ccccc2C#N)c1. The summed E-state index contributed by atoms with van der Waals surface area (Å²) in [6.45, 7) is 4.00. The number of amides is 1. The van der Waals surface area contributed by atoms with Crippen LogP contribution >= 0.6 is 0 Å². The number of rotatable bonds is 3. The molecule has 2 rings (SSSR count). The number of hydrogen-bond donors (Lipinski definition) is 1. The Balaban J connectivity index is 2.14. The Morgan fingerprint density at radius 3 is 2.70 bits per heavy atom. The molecule has 0 atom stereocenters. The van der Waals surface area contributed by atoms with Crippen LogP contribution in [0.4, 0.5) is 5.69 Å². The summed E-state index contributed by atoms with van der Waals surface area (Å²) in [5.74, 6) is -0.110. The molecular weight excluding hydrogens is 248 g/mol. The predicted molar refractivity (Wildman–Crippen MR) is 79.4 cm³/mol. The molecule has 20 heavy (non-hydrogen) atoms. The zero-order valence-electron chi connectivity index (χ0n) is 11.6. The Hall–Kier alpha value is -2.60. The van der Waals surface area contributed by atoms with Crippen LogP contribution in [0.3, 0.4) is 0 Å². The molecule has 0 aliphatic heterocycles. The second-order valence-corrected chi connectivity index (χ2v) is 4.81. The van der Waals surface area contributed by atoms with Crippen molar-refractivity contribution in [2.75, 3.05) is 5.32 Å². The van der Waals surface area contributed by atoms with Crippen LogP contribution in [0.25, 0.3) is 0 Å². The van der Waals surface area contributed by atoms with Crippen molar-refractivity contribution in [3.8, 4) is 6.07 Å². The lowest BCUT2D eigenvalue weighted by atomic mass is 10.0. The zero-order chi connectivity index (χ0) is 14.5. The van der Waals surface area contributed by atoms with Gasteiger partial charge in [0.15, 0.2) is 0 Å². The van der Waals surface area contributed by atoms with Crippen LogP contribution in [0, 0.1) is 25.2 Å². The van der Waals surface area contributed by atoms with Gasteiger partial charge in [-0.15, -0.1) is 0 Å². The van der Waals surface area contributed by atoms with Crippen LogP contribution in [0.1, 0.15) is 22.3 Å². The Kier molecular flexibility index (Phi) is 4.17. The van der Waals surface area contributed by atoms with Crippen molar-refractivity contribution in [1.29, 1.82) is 5.26 Å². The third-order valence-corrected chi connectivity index (χ3v) is 3.18. The average Bonchev–Trinajstić information content (AvgIpc) is 2.43. The first-order valence-corrected chi connectivity index (χ1v) is 6.45. The van der Waals surface area contributed by atoms with E-state index in [4.69, 9.17) is 5.26 Å². The van der Waals surface area contributed by atoms with E-state index >= 15 is 0 Å². The highest BCUT2D eigenvalue weighted by Gasteiger charge is 2.09. The van der Waals surface area contributed by atoms with Gasteiger partial charge in [-0.1, -0.05) is 35.9 Å². The molecule has 0 fully saturated rings. The summed E-state index contributed by atoms with van der Waals surface area (Å²) in [5.41, 5.74) is 4.28. The summed E-state index contributed by atoms with van der Waals surface area (Å²) in [5, 5.41) is 11.8. The van der Waals surface area contributed by atoms with Crippen LogP contribution in [-0.2, 0) is 11.2 Å². The summed E-state index contributed by atoms with van der Waals surface area (Å²) in [6.07, 6.45) is 0.313. The minimum atomic E-state index is -0.110. The molecule has 3 heteroatoms. The van der Waals surface area contributed by atoms with Gasteiger partial charge in [-0.2, -0.15) is 5.26 Å². The lowest BCUT2D eigenvalue weighted by Crippen LogP contribution is -2.15. The van der Waals surface area contributed by atoms with Crippen molar-refractivity contribution in [2.45, 2.75) is 20.3 Å². The van der Waals surface area contributed by atoms with Gasteiger partial charge in [-0.3, -0.25) is 4.79 Å². The van der Waals surface area contributed by atoms with Crippen LogP contribution in [0.2, 0.25) is 0 Å². The standard InChI is InChI=1S/C17H16N2O/c1-12-7-8-13(2)15(9-12)10-17(20)19-16-6-4-3-5-14(16)11-18/h3-9H,10H2,1-2H3,(H,19,20). The zero-order valence-corrected chi connectivity index (χ0v) is 11.6. The van der Waals surface area contributed by atoms with E-state index in [-0.39, 0.29) is 5.91 Å². The number of carbonyl (C=O) groups excluding carboxylic acids is 1. The molecule has 1 amide bonds. The van der Waals surface area contributed by atoms with E-state index < -0.39 is 0 Å². The monoisotopic (exact) mass is 264 g/mol. The van der Waals surface area contributed by atoms with Gasteiger partial charge in [0, 0.05) is 0 Å². The molecule has 0 aliphatic rings. The van der Waals surface area contributed by atoms with E-state index in [0.717, 1.165) is 16.7 Å². The van der Waals surface area contributed by atoms with Gasteiger partial charge in [0.1, 0.15) is 6.07 Å².